The van der Waals surface area contributed by atoms with Gasteiger partial charge in [0.2, 0.25) is 5.91 Å². The van der Waals surface area contributed by atoms with Crippen molar-refractivity contribution in [3.63, 3.8) is 0 Å². The summed E-state index contributed by atoms with van der Waals surface area (Å²) in [5.74, 6) is 0.511. The normalized spacial score (nSPS) is 17.2. The molecule has 25 heavy (non-hydrogen) atoms. The Kier molecular flexibility index (Phi) is 9.21. The standard InChI is InChI=1S/C18H35N3O4/c1-14(2)12-15(21-8-10-24-11-9-21)13-20-16(22)6-7-19-17(23)25-18(3,4)5/h14-15H,6-13H2,1-5H3,(H,19,23)(H,20,22). The molecular formula is C18H35N3O4. The van der Waals surface area contributed by atoms with Crippen LogP contribution in [-0.2, 0) is 14.3 Å². The Hall–Kier alpha value is -1.34. The Bertz CT molecular complexity index is 415. The van der Waals surface area contributed by atoms with Gasteiger partial charge in [-0.1, -0.05) is 13.8 Å². The third kappa shape index (κ3) is 10.3. The number of carbonyl (C=O) groups is 2. The second kappa shape index (κ2) is 10.6. The van der Waals surface area contributed by atoms with Gasteiger partial charge in [0.05, 0.1) is 13.2 Å². The summed E-state index contributed by atoms with van der Waals surface area (Å²) in [4.78, 5) is 26.0. The molecule has 0 spiro atoms. The predicted molar refractivity (Wildman–Crippen MR) is 97.5 cm³/mol. The summed E-state index contributed by atoms with van der Waals surface area (Å²) in [5.41, 5.74) is -0.533. The summed E-state index contributed by atoms with van der Waals surface area (Å²) in [6, 6.07) is 0.326. The van der Waals surface area contributed by atoms with E-state index in [0.29, 0.717) is 18.5 Å². The highest BCUT2D eigenvalue weighted by molar-refractivity contribution is 5.77. The monoisotopic (exact) mass is 357 g/mol. The fourth-order valence-electron chi connectivity index (χ4n) is 2.76. The molecule has 2 N–H and O–H groups in total. The zero-order valence-corrected chi connectivity index (χ0v) is 16.4. The summed E-state index contributed by atoms with van der Waals surface area (Å²) in [6.45, 7) is 14.0. The molecule has 0 saturated carbocycles. The lowest BCUT2D eigenvalue weighted by molar-refractivity contribution is -0.121. The van der Waals surface area contributed by atoms with Gasteiger partial charge < -0.3 is 20.1 Å². The van der Waals surface area contributed by atoms with E-state index in [9.17, 15) is 9.59 Å². The zero-order chi connectivity index (χ0) is 18.9. The molecular weight excluding hydrogens is 322 g/mol. The highest BCUT2D eigenvalue weighted by atomic mass is 16.6. The number of carbonyl (C=O) groups excluding carboxylic acids is 2. The Labute approximate surface area is 151 Å². The lowest BCUT2D eigenvalue weighted by atomic mass is 10.0. The smallest absolute Gasteiger partial charge is 0.407 e. The van der Waals surface area contributed by atoms with Crippen LogP contribution in [0.4, 0.5) is 4.79 Å². The molecule has 1 aliphatic rings. The molecule has 0 aromatic rings. The molecule has 7 nitrogen and oxygen atoms in total. The molecule has 1 heterocycles. The van der Waals surface area contributed by atoms with Crippen LogP contribution in [0, 0.1) is 5.92 Å². The highest BCUT2D eigenvalue weighted by Gasteiger charge is 2.22. The fraction of sp³-hybridized carbons (Fsp3) is 0.889. The molecule has 1 rings (SSSR count). The summed E-state index contributed by atoms with van der Waals surface area (Å²) in [5, 5.41) is 5.60. The van der Waals surface area contributed by atoms with Crippen molar-refractivity contribution in [2.45, 2.75) is 59.1 Å². The molecule has 2 amide bonds. The van der Waals surface area contributed by atoms with Crippen molar-refractivity contribution in [1.29, 1.82) is 0 Å². The molecule has 1 atom stereocenters. The van der Waals surface area contributed by atoms with E-state index in [-0.39, 0.29) is 18.9 Å². The second-order valence-corrected chi connectivity index (χ2v) is 7.91. The number of hydrogen-bond acceptors (Lipinski definition) is 5. The van der Waals surface area contributed by atoms with Crippen LogP contribution in [0.5, 0.6) is 0 Å². The third-order valence-electron chi connectivity index (χ3n) is 3.86. The number of alkyl carbamates (subject to hydrolysis) is 1. The first kappa shape index (κ1) is 21.7. The van der Waals surface area contributed by atoms with E-state index in [0.717, 1.165) is 32.7 Å². The van der Waals surface area contributed by atoms with Crippen LogP contribution in [0.2, 0.25) is 0 Å². The Morgan fingerprint density at radius 2 is 1.80 bits per heavy atom. The predicted octanol–water partition coefficient (Wildman–Crippen LogP) is 1.76. The summed E-state index contributed by atoms with van der Waals surface area (Å²) in [7, 11) is 0. The Morgan fingerprint density at radius 1 is 1.16 bits per heavy atom. The number of rotatable bonds is 8. The van der Waals surface area contributed by atoms with E-state index >= 15 is 0 Å². The van der Waals surface area contributed by atoms with Crippen molar-refractivity contribution < 1.29 is 19.1 Å². The summed E-state index contributed by atoms with van der Waals surface area (Å²) in [6.07, 6.45) is 0.791. The Morgan fingerprint density at radius 3 is 2.36 bits per heavy atom. The van der Waals surface area contributed by atoms with Crippen molar-refractivity contribution in [2.24, 2.45) is 5.92 Å². The molecule has 0 aromatic carbocycles. The molecule has 1 fully saturated rings. The van der Waals surface area contributed by atoms with Gasteiger partial charge in [-0.15, -0.1) is 0 Å². The number of amides is 2. The second-order valence-electron chi connectivity index (χ2n) is 7.91. The molecule has 1 unspecified atom stereocenters. The molecule has 1 saturated heterocycles. The van der Waals surface area contributed by atoms with Crippen molar-refractivity contribution in [3.05, 3.63) is 0 Å². The number of hydrogen-bond donors (Lipinski definition) is 2. The first-order valence-electron chi connectivity index (χ1n) is 9.22. The molecule has 0 aliphatic carbocycles. The quantitative estimate of drug-likeness (QED) is 0.692. The first-order chi connectivity index (χ1) is 11.7. The molecule has 0 radical (unpaired) electrons. The van der Waals surface area contributed by atoms with Gasteiger partial charge in [0.1, 0.15) is 5.60 Å². The molecule has 1 aliphatic heterocycles. The first-order valence-corrected chi connectivity index (χ1v) is 9.22. The lowest BCUT2D eigenvalue weighted by Gasteiger charge is -2.35. The van der Waals surface area contributed by atoms with Crippen LogP contribution in [0.15, 0.2) is 0 Å². The van der Waals surface area contributed by atoms with Gasteiger partial charge in [-0.05, 0) is 33.1 Å². The molecule has 146 valence electrons. The van der Waals surface area contributed by atoms with Gasteiger partial charge in [-0.2, -0.15) is 0 Å². The minimum absolute atomic E-state index is 0.0573. The highest BCUT2D eigenvalue weighted by Crippen LogP contribution is 2.13. The van der Waals surface area contributed by atoms with Crippen molar-refractivity contribution in [1.82, 2.24) is 15.5 Å². The van der Waals surface area contributed by atoms with E-state index in [1.54, 1.807) is 20.8 Å². The zero-order valence-electron chi connectivity index (χ0n) is 16.4. The van der Waals surface area contributed by atoms with E-state index in [1.165, 1.54) is 0 Å². The maximum atomic E-state index is 12.0. The van der Waals surface area contributed by atoms with E-state index in [4.69, 9.17) is 9.47 Å². The van der Waals surface area contributed by atoms with Gasteiger partial charge in [0.15, 0.2) is 0 Å². The maximum absolute atomic E-state index is 12.0. The minimum Gasteiger partial charge on any atom is -0.444 e. The number of nitrogens with zero attached hydrogens (tertiary/aromatic N) is 1. The minimum atomic E-state index is -0.533. The molecule has 0 bridgehead atoms. The van der Waals surface area contributed by atoms with Gasteiger partial charge in [0.25, 0.3) is 0 Å². The molecule has 0 aromatic heterocycles. The van der Waals surface area contributed by atoms with Crippen LogP contribution < -0.4 is 10.6 Å². The molecule has 7 heteroatoms. The third-order valence-corrected chi connectivity index (χ3v) is 3.86. The summed E-state index contributed by atoms with van der Waals surface area (Å²) < 4.78 is 10.5. The van der Waals surface area contributed by atoms with Crippen molar-refractivity contribution in [3.8, 4) is 0 Å². The van der Waals surface area contributed by atoms with Crippen molar-refractivity contribution >= 4 is 12.0 Å². The van der Waals surface area contributed by atoms with Crippen molar-refractivity contribution in [2.75, 3.05) is 39.4 Å². The van der Waals surface area contributed by atoms with Crippen LogP contribution in [0.3, 0.4) is 0 Å². The number of nitrogens with one attached hydrogen (secondary N) is 2. The maximum Gasteiger partial charge on any atom is 0.407 e. The van der Waals surface area contributed by atoms with E-state index < -0.39 is 11.7 Å². The van der Waals surface area contributed by atoms with Gasteiger partial charge in [0, 0.05) is 38.6 Å². The number of morpholine rings is 1. The average molecular weight is 357 g/mol. The van der Waals surface area contributed by atoms with Crippen LogP contribution in [0.1, 0.15) is 47.5 Å². The van der Waals surface area contributed by atoms with E-state index in [2.05, 4.69) is 29.4 Å². The largest absolute Gasteiger partial charge is 0.444 e. The topological polar surface area (TPSA) is 79.9 Å². The number of ether oxygens (including phenoxy) is 2. The Balaban J connectivity index is 2.30. The van der Waals surface area contributed by atoms with Gasteiger partial charge in [-0.3, -0.25) is 9.69 Å². The summed E-state index contributed by atoms with van der Waals surface area (Å²) >= 11 is 0. The SMILES string of the molecule is CC(C)CC(CNC(=O)CCNC(=O)OC(C)(C)C)N1CCOCC1. The van der Waals surface area contributed by atoms with Crippen LogP contribution >= 0.6 is 0 Å². The average Bonchev–Trinajstić information content (AvgIpc) is 2.50. The van der Waals surface area contributed by atoms with Crippen LogP contribution in [0.25, 0.3) is 0 Å². The fourth-order valence-corrected chi connectivity index (χ4v) is 2.76. The van der Waals surface area contributed by atoms with Gasteiger partial charge in [-0.25, -0.2) is 4.79 Å². The van der Waals surface area contributed by atoms with E-state index in [1.807, 2.05) is 0 Å². The lowest BCUT2D eigenvalue weighted by Crippen LogP contribution is -2.49. The van der Waals surface area contributed by atoms with Crippen LogP contribution in [-0.4, -0.2) is 67.9 Å². The van der Waals surface area contributed by atoms with Gasteiger partial charge >= 0.3 is 6.09 Å².